The summed E-state index contributed by atoms with van der Waals surface area (Å²) in [6, 6.07) is 2.30. The van der Waals surface area contributed by atoms with Crippen LogP contribution in [0.4, 0.5) is 0 Å². The fraction of sp³-hybridized carbons (Fsp3) is 0.562. The van der Waals surface area contributed by atoms with Gasteiger partial charge >= 0.3 is 0 Å². The van der Waals surface area contributed by atoms with Gasteiger partial charge in [0.2, 0.25) is 0 Å². The standard InChI is InChI=1S/C16H24N6/c1-12-14(19-11-18-12)10-22-8-4-5-15(22)16-17-7-6-13(20-16)9-21(2)3/h6-7,11,15H,4-5,8-10H2,1-3H3,(H,18,19)/t15-/m1/s1. The average molecular weight is 300 g/mol. The molecule has 0 saturated carbocycles. The molecule has 0 aliphatic carbocycles. The third-order valence-electron chi connectivity index (χ3n) is 4.16. The first-order valence-electron chi connectivity index (χ1n) is 7.83. The largest absolute Gasteiger partial charge is 0.348 e. The van der Waals surface area contributed by atoms with Crippen LogP contribution in [-0.4, -0.2) is 50.4 Å². The maximum Gasteiger partial charge on any atom is 0.145 e. The molecule has 1 saturated heterocycles. The fourth-order valence-electron chi connectivity index (χ4n) is 3.03. The van der Waals surface area contributed by atoms with Gasteiger partial charge in [-0.15, -0.1) is 0 Å². The van der Waals surface area contributed by atoms with Crippen molar-refractivity contribution in [3.05, 3.63) is 41.5 Å². The van der Waals surface area contributed by atoms with Gasteiger partial charge in [0.05, 0.1) is 23.8 Å². The predicted molar refractivity (Wildman–Crippen MR) is 85.1 cm³/mol. The van der Waals surface area contributed by atoms with E-state index in [9.17, 15) is 0 Å². The van der Waals surface area contributed by atoms with Crippen molar-refractivity contribution in [3.63, 3.8) is 0 Å². The smallest absolute Gasteiger partial charge is 0.145 e. The van der Waals surface area contributed by atoms with E-state index in [0.29, 0.717) is 6.04 Å². The second-order valence-electron chi connectivity index (χ2n) is 6.25. The molecular formula is C16H24N6. The van der Waals surface area contributed by atoms with Crippen LogP contribution in [0.3, 0.4) is 0 Å². The number of aromatic amines is 1. The normalized spacial score (nSPS) is 19.2. The van der Waals surface area contributed by atoms with Crippen LogP contribution in [0.5, 0.6) is 0 Å². The Balaban J connectivity index is 1.76. The number of imidazole rings is 1. The van der Waals surface area contributed by atoms with Crippen molar-refractivity contribution in [1.82, 2.24) is 29.7 Å². The van der Waals surface area contributed by atoms with Crippen molar-refractivity contribution in [1.29, 1.82) is 0 Å². The predicted octanol–water partition coefficient (Wildman–Crippen LogP) is 1.91. The first-order valence-corrected chi connectivity index (χ1v) is 7.83. The maximum atomic E-state index is 4.77. The Kier molecular flexibility index (Phi) is 4.49. The summed E-state index contributed by atoms with van der Waals surface area (Å²) >= 11 is 0. The van der Waals surface area contributed by atoms with Crippen molar-refractivity contribution < 1.29 is 0 Å². The van der Waals surface area contributed by atoms with Crippen LogP contribution in [0.2, 0.25) is 0 Å². The molecule has 2 aromatic heterocycles. The lowest BCUT2D eigenvalue weighted by molar-refractivity contribution is 0.236. The number of hydrogen-bond donors (Lipinski definition) is 1. The molecule has 0 aromatic carbocycles. The highest BCUT2D eigenvalue weighted by Gasteiger charge is 2.29. The molecule has 6 heteroatoms. The van der Waals surface area contributed by atoms with Gasteiger partial charge in [0, 0.05) is 25.0 Å². The van der Waals surface area contributed by atoms with E-state index in [2.05, 4.69) is 45.8 Å². The van der Waals surface area contributed by atoms with E-state index in [4.69, 9.17) is 4.98 Å². The summed E-state index contributed by atoms with van der Waals surface area (Å²) in [4.78, 5) is 21.5. The topological polar surface area (TPSA) is 60.9 Å². The third kappa shape index (κ3) is 3.34. The van der Waals surface area contributed by atoms with Crippen molar-refractivity contribution in [2.45, 2.75) is 38.9 Å². The molecule has 3 rings (SSSR count). The summed E-state index contributed by atoms with van der Waals surface area (Å²) in [5.74, 6) is 0.949. The summed E-state index contributed by atoms with van der Waals surface area (Å²) in [7, 11) is 4.12. The lowest BCUT2D eigenvalue weighted by Crippen LogP contribution is -2.25. The molecule has 1 N–H and O–H groups in total. The number of likely N-dealkylation sites (tertiary alicyclic amines) is 1. The maximum absolute atomic E-state index is 4.77. The molecule has 3 heterocycles. The number of hydrogen-bond acceptors (Lipinski definition) is 5. The second kappa shape index (κ2) is 6.54. The van der Waals surface area contributed by atoms with E-state index < -0.39 is 0 Å². The van der Waals surface area contributed by atoms with Gasteiger partial charge in [0.25, 0.3) is 0 Å². The van der Waals surface area contributed by atoms with Crippen molar-refractivity contribution >= 4 is 0 Å². The minimum absolute atomic E-state index is 0.304. The molecule has 0 radical (unpaired) electrons. The van der Waals surface area contributed by atoms with Gasteiger partial charge in [-0.25, -0.2) is 15.0 Å². The number of aromatic nitrogens is 4. The third-order valence-corrected chi connectivity index (χ3v) is 4.16. The molecule has 0 unspecified atom stereocenters. The van der Waals surface area contributed by atoms with Crippen molar-refractivity contribution in [2.24, 2.45) is 0 Å². The Bertz CT molecular complexity index is 621. The van der Waals surface area contributed by atoms with E-state index in [1.807, 2.05) is 12.3 Å². The highest BCUT2D eigenvalue weighted by atomic mass is 15.2. The summed E-state index contributed by atoms with van der Waals surface area (Å²) in [5, 5.41) is 0. The van der Waals surface area contributed by atoms with E-state index in [-0.39, 0.29) is 0 Å². The van der Waals surface area contributed by atoms with Crippen LogP contribution in [0.15, 0.2) is 18.6 Å². The molecule has 0 bridgehead atoms. The number of H-pyrrole nitrogens is 1. The molecule has 22 heavy (non-hydrogen) atoms. The minimum atomic E-state index is 0.304. The van der Waals surface area contributed by atoms with Gasteiger partial charge in [-0.05, 0) is 46.5 Å². The van der Waals surface area contributed by atoms with E-state index in [1.165, 1.54) is 6.42 Å². The number of rotatable bonds is 5. The Morgan fingerprint density at radius 1 is 1.36 bits per heavy atom. The molecule has 2 aromatic rings. The Morgan fingerprint density at radius 3 is 2.95 bits per heavy atom. The summed E-state index contributed by atoms with van der Waals surface area (Å²) in [6.45, 7) is 4.86. The average Bonchev–Trinajstić information content (AvgIpc) is 3.09. The van der Waals surface area contributed by atoms with E-state index in [1.54, 1.807) is 6.33 Å². The number of nitrogens with one attached hydrogen (secondary N) is 1. The van der Waals surface area contributed by atoms with E-state index in [0.717, 1.165) is 49.0 Å². The van der Waals surface area contributed by atoms with Crippen molar-refractivity contribution in [2.75, 3.05) is 20.6 Å². The summed E-state index contributed by atoms with van der Waals surface area (Å²) < 4.78 is 0. The Morgan fingerprint density at radius 2 is 2.23 bits per heavy atom. The quantitative estimate of drug-likeness (QED) is 0.914. The van der Waals surface area contributed by atoms with Gasteiger partial charge in [0.1, 0.15) is 5.82 Å². The highest BCUT2D eigenvalue weighted by Crippen LogP contribution is 2.31. The van der Waals surface area contributed by atoms with Gasteiger partial charge in [-0.2, -0.15) is 0 Å². The zero-order valence-electron chi connectivity index (χ0n) is 13.6. The number of aryl methyl sites for hydroxylation is 1. The molecule has 118 valence electrons. The van der Waals surface area contributed by atoms with Crippen LogP contribution >= 0.6 is 0 Å². The lowest BCUT2D eigenvalue weighted by atomic mass is 10.2. The molecule has 0 spiro atoms. The van der Waals surface area contributed by atoms with Crippen molar-refractivity contribution in [3.8, 4) is 0 Å². The molecule has 0 amide bonds. The van der Waals surface area contributed by atoms with Gasteiger partial charge in [0.15, 0.2) is 0 Å². The molecule has 6 nitrogen and oxygen atoms in total. The molecule has 1 fully saturated rings. The highest BCUT2D eigenvalue weighted by molar-refractivity contribution is 5.11. The van der Waals surface area contributed by atoms with Crippen LogP contribution in [0.1, 0.15) is 41.8 Å². The van der Waals surface area contributed by atoms with Crippen LogP contribution in [-0.2, 0) is 13.1 Å². The first kappa shape index (κ1) is 15.1. The Hall–Kier alpha value is -1.79. The SMILES string of the molecule is Cc1[nH]cnc1CN1CCC[C@@H]1c1nccc(CN(C)C)n1. The molecule has 1 atom stereocenters. The lowest BCUT2D eigenvalue weighted by Gasteiger charge is -2.23. The zero-order chi connectivity index (χ0) is 15.5. The monoisotopic (exact) mass is 300 g/mol. The summed E-state index contributed by atoms with van der Waals surface area (Å²) in [5.41, 5.74) is 3.35. The molecule has 1 aliphatic heterocycles. The van der Waals surface area contributed by atoms with Crippen LogP contribution < -0.4 is 0 Å². The zero-order valence-corrected chi connectivity index (χ0v) is 13.6. The van der Waals surface area contributed by atoms with Gasteiger partial charge < -0.3 is 9.88 Å². The second-order valence-corrected chi connectivity index (χ2v) is 6.25. The molecule has 1 aliphatic rings. The van der Waals surface area contributed by atoms with Crippen LogP contribution in [0, 0.1) is 6.92 Å². The van der Waals surface area contributed by atoms with Crippen LogP contribution in [0.25, 0.3) is 0 Å². The minimum Gasteiger partial charge on any atom is -0.348 e. The number of nitrogens with zero attached hydrogens (tertiary/aromatic N) is 5. The van der Waals surface area contributed by atoms with E-state index >= 15 is 0 Å². The Labute approximate surface area is 131 Å². The fourth-order valence-corrected chi connectivity index (χ4v) is 3.03. The molecular weight excluding hydrogens is 276 g/mol. The van der Waals surface area contributed by atoms with Gasteiger partial charge in [-0.1, -0.05) is 0 Å². The first-order chi connectivity index (χ1) is 10.6. The summed E-state index contributed by atoms with van der Waals surface area (Å²) in [6.07, 6.45) is 5.96. The van der Waals surface area contributed by atoms with Gasteiger partial charge in [-0.3, -0.25) is 4.90 Å².